The van der Waals surface area contributed by atoms with E-state index in [0.717, 1.165) is 27.4 Å². The zero-order chi connectivity index (χ0) is 27.7. The molecular weight excluding hydrogens is 522 g/mol. The summed E-state index contributed by atoms with van der Waals surface area (Å²) in [5.41, 5.74) is 2.77. The van der Waals surface area contributed by atoms with E-state index in [9.17, 15) is 18.0 Å². The number of amides is 2. The Bertz CT molecular complexity index is 1330. The predicted molar refractivity (Wildman–Crippen MR) is 150 cm³/mol. The Labute approximate surface area is 230 Å². The van der Waals surface area contributed by atoms with Crippen molar-refractivity contribution in [2.24, 2.45) is 0 Å². The first-order valence-electron chi connectivity index (χ1n) is 12.5. The number of hydrogen-bond acceptors (Lipinski definition) is 4. The van der Waals surface area contributed by atoms with Crippen molar-refractivity contribution in [1.29, 1.82) is 0 Å². The molecule has 0 aromatic heterocycles. The van der Waals surface area contributed by atoms with Crippen molar-refractivity contribution in [2.75, 3.05) is 20.1 Å². The van der Waals surface area contributed by atoms with Crippen LogP contribution in [0.3, 0.4) is 0 Å². The van der Waals surface area contributed by atoms with Crippen molar-refractivity contribution in [3.8, 4) is 0 Å². The van der Waals surface area contributed by atoms with Crippen LogP contribution in [0.5, 0.6) is 0 Å². The SMILES string of the molecule is CCCNC(=O)[C@@H](Cc1ccccc1)N(Cc1cccc(C)c1)C(=O)CN(C)S(=O)(=O)c1ccc(Cl)cc1. The number of aryl methyl sites for hydroxylation is 1. The molecule has 9 heteroatoms. The van der Waals surface area contributed by atoms with Gasteiger partial charge in [-0.25, -0.2) is 8.42 Å². The number of benzene rings is 3. The molecule has 0 saturated heterocycles. The molecule has 38 heavy (non-hydrogen) atoms. The minimum absolute atomic E-state index is 0.0314. The van der Waals surface area contributed by atoms with Gasteiger partial charge in [-0.3, -0.25) is 9.59 Å². The van der Waals surface area contributed by atoms with Crippen LogP contribution in [0.2, 0.25) is 5.02 Å². The van der Waals surface area contributed by atoms with E-state index in [1.54, 1.807) is 0 Å². The number of nitrogens with zero attached hydrogens (tertiary/aromatic N) is 2. The predicted octanol–water partition coefficient (Wildman–Crippen LogP) is 4.44. The molecular formula is C29H34ClN3O4S. The van der Waals surface area contributed by atoms with Crippen LogP contribution in [-0.2, 0) is 32.6 Å². The Balaban J connectivity index is 1.96. The summed E-state index contributed by atoms with van der Waals surface area (Å²) in [7, 11) is -2.60. The maximum absolute atomic E-state index is 13.8. The van der Waals surface area contributed by atoms with Gasteiger partial charge < -0.3 is 10.2 Å². The summed E-state index contributed by atoms with van der Waals surface area (Å²) < 4.78 is 27.4. The summed E-state index contributed by atoms with van der Waals surface area (Å²) in [4.78, 5) is 28.7. The molecule has 3 rings (SSSR count). The number of nitrogens with one attached hydrogen (secondary N) is 1. The maximum atomic E-state index is 13.8. The summed E-state index contributed by atoms with van der Waals surface area (Å²) in [6, 6.07) is 22.1. The second kappa shape index (κ2) is 13.6. The molecule has 202 valence electrons. The summed E-state index contributed by atoms with van der Waals surface area (Å²) in [6.07, 6.45) is 1.04. The van der Waals surface area contributed by atoms with Crippen molar-refractivity contribution in [3.05, 3.63) is 101 Å². The monoisotopic (exact) mass is 555 g/mol. The number of rotatable bonds is 12. The van der Waals surface area contributed by atoms with Gasteiger partial charge in [0.2, 0.25) is 21.8 Å². The lowest BCUT2D eigenvalue weighted by Crippen LogP contribution is -2.53. The quantitative estimate of drug-likeness (QED) is 0.358. The summed E-state index contributed by atoms with van der Waals surface area (Å²) in [5.74, 6) is -0.751. The molecule has 3 aromatic rings. The number of hydrogen-bond donors (Lipinski definition) is 1. The molecule has 0 spiro atoms. The minimum atomic E-state index is -3.96. The molecule has 0 saturated carbocycles. The van der Waals surface area contributed by atoms with Gasteiger partial charge >= 0.3 is 0 Å². The largest absolute Gasteiger partial charge is 0.354 e. The van der Waals surface area contributed by atoms with Crippen molar-refractivity contribution in [3.63, 3.8) is 0 Å². The van der Waals surface area contributed by atoms with Crippen LogP contribution in [0, 0.1) is 6.92 Å². The average molecular weight is 556 g/mol. The van der Waals surface area contributed by atoms with Gasteiger partial charge in [-0.1, -0.05) is 78.7 Å². The van der Waals surface area contributed by atoms with Crippen LogP contribution in [0.25, 0.3) is 0 Å². The summed E-state index contributed by atoms with van der Waals surface area (Å²) in [6.45, 7) is 4.12. The lowest BCUT2D eigenvalue weighted by Gasteiger charge is -2.32. The Kier molecular flexibility index (Phi) is 10.5. The molecule has 0 aliphatic carbocycles. The van der Waals surface area contributed by atoms with E-state index < -0.39 is 28.5 Å². The van der Waals surface area contributed by atoms with E-state index >= 15 is 0 Å². The van der Waals surface area contributed by atoms with Gasteiger partial charge in [0, 0.05) is 31.6 Å². The zero-order valence-electron chi connectivity index (χ0n) is 21.9. The first-order valence-corrected chi connectivity index (χ1v) is 14.3. The van der Waals surface area contributed by atoms with Crippen molar-refractivity contribution in [2.45, 2.75) is 44.2 Å². The maximum Gasteiger partial charge on any atom is 0.243 e. The molecule has 0 aliphatic heterocycles. The topological polar surface area (TPSA) is 86.8 Å². The number of carbonyl (C=O) groups is 2. The molecule has 0 radical (unpaired) electrons. The standard InChI is InChI=1S/C29H34ClN3O4S/c1-4-17-31-29(35)27(19-23-10-6-5-7-11-23)33(20-24-12-8-9-22(2)18-24)28(34)21-32(3)38(36,37)26-15-13-25(30)14-16-26/h5-16,18,27H,4,17,19-21H2,1-3H3,(H,31,35)/t27-/m1/s1. The Hall–Kier alpha value is -3.20. The van der Waals surface area contributed by atoms with Gasteiger partial charge in [0.05, 0.1) is 11.4 Å². The van der Waals surface area contributed by atoms with Crippen molar-refractivity contribution < 1.29 is 18.0 Å². The fraction of sp³-hybridized carbons (Fsp3) is 0.310. The van der Waals surface area contributed by atoms with Gasteiger partial charge in [-0.05, 0) is 48.7 Å². The minimum Gasteiger partial charge on any atom is -0.354 e. The zero-order valence-corrected chi connectivity index (χ0v) is 23.5. The Morgan fingerprint density at radius 3 is 2.24 bits per heavy atom. The van der Waals surface area contributed by atoms with E-state index in [2.05, 4.69) is 5.32 Å². The second-order valence-corrected chi connectivity index (χ2v) is 11.7. The first kappa shape index (κ1) is 29.4. The second-order valence-electron chi connectivity index (χ2n) is 9.22. The highest BCUT2D eigenvalue weighted by atomic mass is 35.5. The third-order valence-corrected chi connectivity index (χ3v) is 8.21. The highest BCUT2D eigenvalue weighted by molar-refractivity contribution is 7.89. The normalized spacial score (nSPS) is 12.2. The van der Waals surface area contributed by atoms with E-state index in [0.29, 0.717) is 18.0 Å². The molecule has 0 heterocycles. The lowest BCUT2D eigenvalue weighted by atomic mass is 10.0. The molecule has 1 N–H and O–H groups in total. The number of halogens is 1. The van der Waals surface area contributed by atoms with Gasteiger partial charge in [0.15, 0.2) is 0 Å². The third-order valence-electron chi connectivity index (χ3n) is 6.14. The number of likely N-dealkylation sites (N-methyl/N-ethyl adjacent to an activating group) is 1. The number of sulfonamides is 1. The molecule has 2 amide bonds. The molecule has 0 fully saturated rings. The highest BCUT2D eigenvalue weighted by Crippen LogP contribution is 2.20. The fourth-order valence-corrected chi connectivity index (χ4v) is 5.33. The van der Waals surface area contributed by atoms with Crippen LogP contribution in [0.1, 0.15) is 30.0 Å². The Morgan fingerprint density at radius 1 is 0.947 bits per heavy atom. The van der Waals surface area contributed by atoms with Crippen molar-refractivity contribution in [1.82, 2.24) is 14.5 Å². The first-order chi connectivity index (χ1) is 18.1. The van der Waals surface area contributed by atoms with Crippen LogP contribution >= 0.6 is 11.6 Å². The van der Waals surface area contributed by atoms with E-state index in [1.807, 2.05) is 68.4 Å². The van der Waals surface area contributed by atoms with Gasteiger partial charge in [0.25, 0.3) is 0 Å². The van der Waals surface area contributed by atoms with Gasteiger partial charge in [-0.2, -0.15) is 4.31 Å². The van der Waals surface area contributed by atoms with E-state index in [-0.39, 0.29) is 17.3 Å². The summed E-state index contributed by atoms with van der Waals surface area (Å²) in [5, 5.41) is 3.33. The van der Waals surface area contributed by atoms with Crippen LogP contribution in [0.4, 0.5) is 0 Å². The number of carbonyl (C=O) groups excluding carboxylic acids is 2. The lowest BCUT2D eigenvalue weighted by molar-refractivity contribution is -0.141. The average Bonchev–Trinajstić information content (AvgIpc) is 2.90. The molecule has 0 unspecified atom stereocenters. The highest BCUT2D eigenvalue weighted by Gasteiger charge is 2.33. The van der Waals surface area contributed by atoms with Gasteiger partial charge in [-0.15, -0.1) is 0 Å². The fourth-order valence-electron chi connectivity index (χ4n) is 4.08. The van der Waals surface area contributed by atoms with Crippen LogP contribution in [-0.4, -0.2) is 55.6 Å². The van der Waals surface area contributed by atoms with Crippen LogP contribution < -0.4 is 5.32 Å². The third kappa shape index (κ3) is 7.90. The molecule has 0 aliphatic rings. The molecule has 7 nitrogen and oxygen atoms in total. The van der Waals surface area contributed by atoms with E-state index in [4.69, 9.17) is 11.6 Å². The smallest absolute Gasteiger partial charge is 0.243 e. The molecule has 0 bridgehead atoms. The summed E-state index contributed by atoms with van der Waals surface area (Å²) >= 11 is 5.92. The van der Waals surface area contributed by atoms with Crippen molar-refractivity contribution >= 4 is 33.4 Å². The van der Waals surface area contributed by atoms with E-state index in [1.165, 1.54) is 36.2 Å². The van der Waals surface area contributed by atoms with Gasteiger partial charge in [0.1, 0.15) is 6.04 Å². The Morgan fingerprint density at radius 2 is 1.61 bits per heavy atom. The van der Waals surface area contributed by atoms with Crippen LogP contribution in [0.15, 0.2) is 83.8 Å². The molecule has 1 atom stereocenters. The molecule has 3 aromatic carbocycles.